The Balaban J connectivity index is 1.20. The van der Waals surface area contributed by atoms with Gasteiger partial charge in [0.05, 0.1) is 18.6 Å². The molecule has 0 N–H and O–H groups in total. The van der Waals surface area contributed by atoms with Crippen LogP contribution in [0.15, 0.2) is 83.4 Å². The Labute approximate surface area is 185 Å². The monoisotopic (exact) mass is 427 g/mol. The van der Waals surface area contributed by atoms with E-state index in [-0.39, 0.29) is 11.8 Å². The van der Waals surface area contributed by atoms with Crippen LogP contribution in [0, 0.1) is 0 Å². The van der Waals surface area contributed by atoms with Gasteiger partial charge in [-0.3, -0.25) is 4.79 Å². The van der Waals surface area contributed by atoms with Crippen LogP contribution in [0.2, 0.25) is 0 Å². The second kappa shape index (κ2) is 8.55. The number of ether oxygens (including phenoxy) is 2. The summed E-state index contributed by atoms with van der Waals surface area (Å²) in [5.41, 5.74) is 1.39. The zero-order valence-corrected chi connectivity index (χ0v) is 17.5. The lowest BCUT2D eigenvalue weighted by Gasteiger charge is -2.37. The summed E-state index contributed by atoms with van der Waals surface area (Å²) >= 11 is 0. The highest BCUT2D eigenvalue weighted by molar-refractivity contribution is 5.95. The summed E-state index contributed by atoms with van der Waals surface area (Å²) in [6.07, 6.45) is 0. The van der Waals surface area contributed by atoms with Gasteiger partial charge in [-0.05, 0) is 48.5 Å². The van der Waals surface area contributed by atoms with Crippen LogP contribution in [0.25, 0.3) is 11.4 Å². The van der Waals surface area contributed by atoms with Crippen LogP contribution < -0.4 is 9.47 Å². The van der Waals surface area contributed by atoms with E-state index in [1.807, 2.05) is 54.6 Å². The van der Waals surface area contributed by atoms with E-state index in [0.29, 0.717) is 41.9 Å². The number of amides is 1. The molecule has 1 aliphatic heterocycles. The fourth-order valence-corrected chi connectivity index (χ4v) is 3.61. The van der Waals surface area contributed by atoms with Crippen LogP contribution in [0.4, 0.5) is 0 Å². The first kappa shape index (κ1) is 19.8. The minimum atomic E-state index is -0.0306. The van der Waals surface area contributed by atoms with Crippen molar-refractivity contribution < 1.29 is 18.8 Å². The van der Waals surface area contributed by atoms with Gasteiger partial charge in [0, 0.05) is 18.7 Å². The lowest BCUT2D eigenvalue weighted by Crippen LogP contribution is -2.48. The highest BCUT2D eigenvalue weighted by atomic mass is 16.5. The molecule has 1 aromatic heterocycles. The summed E-state index contributed by atoms with van der Waals surface area (Å²) < 4.78 is 16.6. The molecule has 0 radical (unpaired) electrons. The van der Waals surface area contributed by atoms with Gasteiger partial charge in [0.15, 0.2) is 0 Å². The zero-order chi connectivity index (χ0) is 21.9. The largest absolute Gasteiger partial charge is 0.496 e. The van der Waals surface area contributed by atoms with Gasteiger partial charge in [0.1, 0.15) is 17.2 Å². The van der Waals surface area contributed by atoms with Gasteiger partial charge in [-0.2, -0.15) is 4.98 Å². The summed E-state index contributed by atoms with van der Waals surface area (Å²) in [5, 5.41) is 4.09. The Hall–Kier alpha value is -4.13. The van der Waals surface area contributed by atoms with E-state index in [4.69, 9.17) is 14.0 Å². The Morgan fingerprint density at radius 3 is 2.38 bits per heavy atom. The lowest BCUT2D eigenvalue weighted by atomic mass is 9.98. The molecule has 1 amide bonds. The number of benzene rings is 3. The second-order valence-corrected chi connectivity index (χ2v) is 7.50. The average molecular weight is 427 g/mol. The van der Waals surface area contributed by atoms with E-state index in [0.717, 1.165) is 11.3 Å². The quantitative estimate of drug-likeness (QED) is 0.441. The normalized spacial score (nSPS) is 13.5. The van der Waals surface area contributed by atoms with Crippen molar-refractivity contribution in [2.75, 3.05) is 20.2 Å². The minimum absolute atomic E-state index is 0.0237. The van der Waals surface area contributed by atoms with Gasteiger partial charge in [-0.1, -0.05) is 35.5 Å². The number of hydrogen-bond acceptors (Lipinski definition) is 6. The molecule has 4 aromatic rings. The molecule has 1 fully saturated rings. The maximum atomic E-state index is 12.8. The number of carbonyl (C=O) groups is 1. The summed E-state index contributed by atoms with van der Waals surface area (Å²) in [6.45, 7) is 1.07. The predicted molar refractivity (Wildman–Crippen MR) is 118 cm³/mol. The van der Waals surface area contributed by atoms with Gasteiger partial charge in [-0.15, -0.1) is 0 Å². The molecule has 160 valence electrons. The number of carbonyl (C=O) groups excluding carboxylic acids is 1. The molecular formula is C25H21N3O4. The molecule has 0 spiro atoms. The van der Waals surface area contributed by atoms with E-state index in [2.05, 4.69) is 10.1 Å². The Morgan fingerprint density at radius 2 is 1.62 bits per heavy atom. The number of methoxy groups -OCH3 is 1. The SMILES string of the molecule is COc1ccccc1-c1noc(C2CN(C(=O)c3ccc(Oc4ccccc4)cc3)C2)n1. The fourth-order valence-electron chi connectivity index (χ4n) is 3.61. The van der Waals surface area contributed by atoms with Crippen molar-refractivity contribution >= 4 is 5.91 Å². The van der Waals surface area contributed by atoms with E-state index in [1.54, 1.807) is 36.3 Å². The number of rotatable bonds is 6. The molecule has 0 atom stereocenters. The van der Waals surface area contributed by atoms with Crippen LogP contribution in [-0.2, 0) is 0 Å². The van der Waals surface area contributed by atoms with E-state index < -0.39 is 0 Å². The number of likely N-dealkylation sites (tertiary alicyclic amines) is 1. The van der Waals surface area contributed by atoms with Crippen molar-refractivity contribution in [1.82, 2.24) is 15.0 Å². The summed E-state index contributed by atoms with van der Waals surface area (Å²) in [7, 11) is 1.61. The third-order valence-corrected chi connectivity index (χ3v) is 5.39. The van der Waals surface area contributed by atoms with E-state index in [1.165, 1.54) is 0 Å². The third-order valence-electron chi connectivity index (χ3n) is 5.39. The molecule has 0 saturated carbocycles. The fraction of sp³-hybridized carbons (Fsp3) is 0.160. The second-order valence-electron chi connectivity index (χ2n) is 7.50. The molecular weight excluding hydrogens is 406 g/mol. The first-order valence-electron chi connectivity index (χ1n) is 10.3. The standard InChI is InChI=1S/C25H21N3O4/c1-30-22-10-6-5-9-21(22)23-26-24(32-27-23)18-15-28(16-18)25(29)17-11-13-20(14-12-17)31-19-7-3-2-4-8-19/h2-14,18H,15-16H2,1H3. The lowest BCUT2D eigenvalue weighted by molar-refractivity contribution is 0.0569. The maximum Gasteiger partial charge on any atom is 0.253 e. The van der Waals surface area contributed by atoms with Crippen LogP contribution in [0.5, 0.6) is 17.2 Å². The summed E-state index contributed by atoms with van der Waals surface area (Å²) in [6, 6.07) is 24.2. The molecule has 0 unspecified atom stereocenters. The van der Waals surface area contributed by atoms with E-state index in [9.17, 15) is 4.79 Å². The van der Waals surface area contributed by atoms with Gasteiger partial charge < -0.3 is 18.9 Å². The molecule has 3 aromatic carbocycles. The number of hydrogen-bond donors (Lipinski definition) is 0. The first-order valence-corrected chi connectivity index (χ1v) is 10.3. The van der Waals surface area contributed by atoms with Crippen molar-refractivity contribution in [2.45, 2.75) is 5.92 Å². The van der Waals surface area contributed by atoms with Crippen molar-refractivity contribution in [3.05, 3.63) is 90.3 Å². The molecule has 1 saturated heterocycles. The number of nitrogens with zero attached hydrogens (tertiary/aromatic N) is 3. The third kappa shape index (κ3) is 3.92. The molecule has 0 aliphatic carbocycles. The van der Waals surface area contributed by atoms with Gasteiger partial charge in [-0.25, -0.2) is 0 Å². The molecule has 0 bridgehead atoms. The highest BCUT2D eigenvalue weighted by Gasteiger charge is 2.36. The summed E-state index contributed by atoms with van der Waals surface area (Å²) in [5.74, 6) is 3.13. The van der Waals surface area contributed by atoms with Crippen molar-refractivity contribution in [2.24, 2.45) is 0 Å². The van der Waals surface area contributed by atoms with Gasteiger partial charge in [0.2, 0.25) is 11.7 Å². The van der Waals surface area contributed by atoms with Crippen LogP contribution in [0.3, 0.4) is 0 Å². The molecule has 32 heavy (non-hydrogen) atoms. The Kier molecular flexibility index (Phi) is 5.29. The zero-order valence-electron chi connectivity index (χ0n) is 17.5. The number of para-hydroxylation sites is 2. The molecule has 5 rings (SSSR count). The van der Waals surface area contributed by atoms with Crippen LogP contribution in [-0.4, -0.2) is 41.1 Å². The average Bonchev–Trinajstić information content (AvgIpc) is 3.28. The number of aromatic nitrogens is 2. The van der Waals surface area contributed by atoms with Gasteiger partial charge in [0.25, 0.3) is 5.91 Å². The van der Waals surface area contributed by atoms with Crippen LogP contribution >= 0.6 is 0 Å². The Morgan fingerprint density at radius 1 is 0.938 bits per heavy atom. The predicted octanol–water partition coefficient (Wildman–Crippen LogP) is 4.78. The highest BCUT2D eigenvalue weighted by Crippen LogP contribution is 2.32. The topological polar surface area (TPSA) is 77.7 Å². The summed E-state index contributed by atoms with van der Waals surface area (Å²) in [4.78, 5) is 19.1. The molecule has 2 heterocycles. The first-order chi connectivity index (χ1) is 15.7. The van der Waals surface area contributed by atoms with E-state index >= 15 is 0 Å². The Bertz CT molecular complexity index is 1220. The maximum absolute atomic E-state index is 12.8. The minimum Gasteiger partial charge on any atom is -0.496 e. The van der Waals surface area contributed by atoms with Crippen molar-refractivity contribution in [3.8, 4) is 28.6 Å². The van der Waals surface area contributed by atoms with Crippen molar-refractivity contribution in [1.29, 1.82) is 0 Å². The molecule has 7 heteroatoms. The molecule has 7 nitrogen and oxygen atoms in total. The smallest absolute Gasteiger partial charge is 0.253 e. The van der Waals surface area contributed by atoms with Gasteiger partial charge >= 0.3 is 0 Å². The van der Waals surface area contributed by atoms with Crippen LogP contribution in [0.1, 0.15) is 22.2 Å². The van der Waals surface area contributed by atoms with Crippen molar-refractivity contribution in [3.63, 3.8) is 0 Å². The molecule has 1 aliphatic rings.